The van der Waals surface area contributed by atoms with Crippen LogP contribution in [0.2, 0.25) is 0 Å². The van der Waals surface area contributed by atoms with E-state index in [0.29, 0.717) is 11.4 Å². The molecule has 0 saturated heterocycles. The highest BCUT2D eigenvalue weighted by molar-refractivity contribution is 5.79. The molecule has 2 heterocycles. The molecule has 4 rings (SSSR count). The van der Waals surface area contributed by atoms with Crippen molar-refractivity contribution >= 4 is 0 Å². The summed E-state index contributed by atoms with van der Waals surface area (Å²) in [4.78, 5) is 12.6. The molecule has 0 aliphatic rings. The van der Waals surface area contributed by atoms with E-state index in [1.165, 1.54) is 6.07 Å². The number of aromatic nitrogens is 4. The molecule has 0 bridgehead atoms. The molecule has 0 saturated carbocycles. The van der Waals surface area contributed by atoms with Gasteiger partial charge in [-0.3, -0.25) is 0 Å². The Morgan fingerprint density at radius 2 is 1.81 bits per heavy atom. The molecule has 0 amide bonds. The number of nitrogens with zero attached hydrogens (tertiary/aromatic N) is 3. The number of hydrogen-bond donors (Lipinski definition) is 1. The number of aromatic amines is 1. The van der Waals surface area contributed by atoms with Gasteiger partial charge in [0.2, 0.25) is 0 Å². The van der Waals surface area contributed by atoms with E-state index in [0.717, 1.165) is 42.0 Å². The van der Waals surface area contributed by atoms with Crippen LogP contribution in [0.4, 0.5) is 4.39 Å². The zero-order valence-electron chi connectivity index (χ0n) is 15.2. The normalized spacial score (nSPS) is 11.0. The number of nitrogens with one attached hydrogen (secondary N) is 1. The second-order valence-corrected chi connectivity index (χ2v) is 6.51. The fourth-order valence-corrected chi connectivity index (χ4v) is 3.10. The highest BCUT2D eigenvalue weighted by Crippen LogP contribution is 2.32. The van der Waals surface area contributed by atoms with E-state index in [9.17, 15) is 4.39 Å². The summed E-state index contributed by atoms with van der Waals surface area (Å²) in [5.74, 6) is 0.205. The topological polar surface area (TPSA) is 46.5 Å². The summed E-state index contributed by atoms with van der Waals surface area (Å²) >= 11 is 0. The van der Waals surface area contributed by atoms with Crippen LogP contribution in [-0.2, 0) is 6.54 Å². The van der Waals surface area contributed by atoms with E-state index in [2.05, 4.69) is 21.5 Å². The van der Waals surface area contributed by atoms with Crippen molar-refractivity contribution < 1.29 is 4.39 Å². The van der Waals surface area contributed by atoms with Gasteiger partial charge in [0.15, 0.2) is 0 Å². The predicted molar refractivity (Wildman–Crippen MR) is 106 cm³/mol. The van der Waals surface area contributed by atoms with Crippen molar-refractivity contribution in [1.29, 1.82) is 0 Å². The van der Waals surface area contributed by atoms with Crippen LogP contribution in [0.25, 0.3) is 34.0 Å². The molecule has 27 heavy (non-hydrogen) atoms. The van der Waals surface area contributed by atoms with E-state index in [-0.39, 0.29) is 5.82 Å². The molecule has 0 unspecified atom stereocenters. The van der Waals surface area contributed by atoms with Gasteiger partial charge in [-0.2, -0.15) is 0 Å². The van der Waals surface area contributed by atoms with Gasteiger partial charge in [0.1, 0.15) is 17.3 Å². The van der Waals surface area contributed by atoms with Gasteiger partial charge >= 0.3 is 0 Å². The average molecular weight is 360 g/mol. The summed E-state index contributed by atoms with van der Waals surface area (Å²) in [6, 6.07) is 16.6. The van der Waals surface area contributed by atoms with Crippen molar-refractivity contribution in [3.63, 3.8) is 0 Å². The summed E-state index contributed by atoms with van der Waals surface area (Å²) in [6.07, 6.45) is 6.08. The van der Waals surface area contributed by atoms with Crippen molar-refractivity contribution in [2.24, 2.45) is 0 Å². The van der Waals surface area contributed by atoms with Crippen LogP contribution >= 0.6 is 0 Å². The number of halogens is 1. The number of imidazole rings is 2. The van der Waals surface area contributed by atoms with Gasteiger partial charge in [-0.25, -0.2) is 14.4 Å². The summed E-state index contributed by atoms with van der Waals surface area (Å²) in [6.45, 7) is 3.10. The van der Waals surface area contributed by atoms with Gasteiger partial charge in [0.05, 0.1) is 23.3 Å². The first-order chi connectivity index (χ1) is 13.3. The molecular weight excluding hydrogens is 339 g/mol. The molecule has 136 valence electrons. The first-order valence-corrected chi connectivity index (χ1v) is 9.18. The molecule has 0 spiro atoms. The summed E-state index contributed by atoms with van der Waals surface area (Å²) in [5.41, 5.74) is 3.80. The molecule has 2 aromatic carbocycles. The Labute approximate surface area is 157 Å². The number of H-pyrrole nitrogens is 1. The monoisotopic (exact) mass is 360 g/mol. The van der Waals surface area contributed by atoms with E-state index in [1.54, 1.807) is 12.1 Å². The molecule has 0 radical (unpaired) electrons. The van der Waals surface area contributed by atoms with Crippen molar-refractivity contribution in [3.8, 4) is 34.0 Å². The lowest BCUT2D eigenvalue weighted by molar-refractivity contribution is 0.630. The molecule has 0 fully saturated rings. The maximum atomic E-state index is 14.3. The minimum Gasteiger partial charge on any atom is -0.337 e. The molecular formula is C22H21FN4. The predicted octanol–water partition coefficient (Wildman–Crippen LogP) is 5.55. The SMILES string of the molecule is CCCCn1cnc(-c2[nH]c(-c3ccccc3F)nc2-c2ccccc2)c1. The number of benzene rings is 2. The summed E-state index contributed by atoms with van der Waals surface area (Å²) < 4.78 is 16.4. The Bertz CT molecular complexity index is 1030. The fraction of sp³-hybridized carbons (Fsp3) is 0.182. The molecule has 1 N–H and O–H groups in total. The lowest BCUT2D eigenvalue weighted by Crippen LogP contribution is -1.92. The molecule has 5 heteroatoms. The average Bonchev–Trinajstić information content (AvgIpc) is 3.34. The van der Waals surface area contributed by atoms with Crippen LogP contribution in [-0.4, -0.2) is 19.5 Å². The first kappa shape index (κ1) is 17.2. The molecule has 2 aromatic heterocycles. The summed E-state index contributed by atoms with van der Waals surface area (Å²) in [7, 11) is 0. The quantitative estimate of drug-likeness (QED) is 0.490. The number of aryl methyl sites for hydroxylation is 1. The number of unbranched alkanes of at least 4 members (excludes halogenated alkanes) is 1. The van der Waals surface area contributed by atoms with E-state index in [4.69, 9.17) is 4.98 Å². The number of hydrogen-bond acceptors (Lipinski definition) is 2. The van der Waals surface area contributed by atoms with Gasteiger partial charge in [0.25, 0.3) is 0 Å². The maximum Gasteiger partial charge on any atom is 0.141 e. The number of rotatable bonds is 6. The van der Waals surface area contributed by atoms with Crippen LogP contribution in [0.1, 0.15) is 19.8 Å². The van der Waals surface area contributed by atoms with Crippen molar-refractivity contribution in [1.82, 2.24) is 19.5 Å². The first-order valence-electron chi connectivity index (χ1n) is 9.18. The lowest BCUT2D eigenvalue weighted by Gasteiger charge is -2.00. The molecule has 0 aliphatic carbocycles. The lowest BCUT2D eigenvalue weighted by atomic mass is 10.1. The zero-order valence-corrected chi connectivity index (χ0v) is 15.2. The van der Waals surface area contributed by atoms with Gasteiger partial charge < -0.3 is 9.55 Å². The highest BCUT2D eigenvalue weighted by Gasteiger charge is 2.18. The van der Waals surface area contributed by atoms with Gasteiger partial charge in [-0.15, -0.1) is 0 Å². The van der Waals surface area contributed by atoms with Crippen LogP contribution < -0.4 is 0 Å². The second-order valence-electron chi connectivity index (χ2n) is 6.51. The van der Waals surface area contributed by atoms with E-state index < -0.39 is 0 Å². The Kier molecular flexibility index (Phi) is 4.83. The standard InChI is InChI=1S/C22H21FN4/c1-2-3-13-27-14-19(24-15-27)21-20(16-9-5-4-6-10-16)25-22(26-21)17-11-7-8-12-18(17)23/h4-12,14-15H,2-3,13H2,1H3,(H,25,26). The van der Waals surface area contributed by atoms with Crippen LogP contribution in [0.15, 0.2) is 67.1 Å². The summed E-state index contributed by atoms with van der Waals surface area (Å²) in [5, 5.41) is 0. The minimum atomic E-state index is -0.300. The third kappa shape index (κ3) is 3.53. The second kappa shape index (κ2) is 7.58. The van der Waals surface area contributed by atoms with Crippen LogP contribution in [0.5, 0.6) is 0 Å². The largest absolute Gasteiger partial charge is 0.337 e. The van der Waals surface area contributed by atoms with Crippen molar-refractivity contribution in [3.05, 3.63) is 72.9 Å². The van der Waals surface area contributed by atoms with Gasteiger partial charge in [-0.1, -0.05) is 55.8 Å². The Morgan fingerprint density at radius 3 is 2.59 bits per heavy atom. The Balaban J connectivity index is 1.82. The molecule has 4 aromatic rings. The Morgan fingerprint density at radius 1 is 1.04 bits per heavy atom. The van der Waals surface area contributed by atoms with Gasteiger partial charge in [0, 0.05) is 18.3 Å². The molecule has 4 nitrogen and oxygen atoms in total. The smallest absolute Gasteiger partial charge is 0.141 e. The Hall–Kier alpha value is -3.21. The highest BCUT2D eigenvalue weighted by atomic mass is 19.1. The van der Waals surface area contributed by atoms with E-state index >= 15 is 0 Å². The third-order valence-electron chi connectivity index (χ3n) is 4.54. The third-order valence-corrected chi connectivity index (χ3v) is 4.54. The zero-order chi connectivity index (χ0) is 18.6. The van der Waals surface area contributed by atoms with Crippen LogP contribution in [0, 0.1) is 5.82 Å². The van der Waals surface area contributed by atoms with Crippen molar-refractivity contribution in [2.75, 3.05) is 0 Å². The van der Waals surface area contributed by atoms with E-state index in [1.807, 2.05) is 48.9 Å². The fourth-order valence-electron chi connectivity index (χ4n) is 3.10. The van der Waals surface area contributed by atoms with Crippen molar-refractivity contribution in [2.45, 2.75) is 26.3 Å². The maximum absolute atomic E-state index is 14.3. The molecule has 0 aliphatic heterocycles. The molecule has 0 atom stereocenters. The van der Waals surface area contributed by atoms with Crippen LogP contribution in [0.3, 0.4) is 0 Å². The minimum absolute atomic E-state index is 0.300. The van der Waals surface area contributed by atoms with Gasteiger partial charge in [-0.05, 0) is 18.6 Å².